The van der Waals surface area contributed by atoms with Crippen LogP contribution in [0.5, 0.6) is 0 Å². The highest BCUT2D eigenvalue weighted by Gasteiger charge is 2.38. The highest BCUT2D eigenvalue weighted by atomic mass is 32.1. The van der Waals surface area contributed by atoms with Crippen molar-refractivity contribution in [3.63, 3.8) is 0 Å². The second-order valence-electron chi connectivity index (χ2n) is 7.94. The number of thiophene rings is 1. The Bertz CT molecular complexity index is 988. The van der Waals surface area contributed by atoms with E-state index >= 15 is 0 Å². The summed E-state index contributed by atoms with van der Waals surface area (Å²) in [6.45, 7) is 8.42. The molecule has 0 radical (unpaired) electrons. The van der Waals surface area contributed by atoms with Crippen LogP contribution in [0.4, 0.5) is 23.3 Å². The molecule has 1 saturated heterocycles. The van der Waals surface area contributed by atoms with Crippen molar-refractivity contribution < 1.29 is 0 Å². The molecule has 0 spiro atoms. The average molecular weight is 396 g/mol. The fourth-order valence-corrected chi connectivity index (χ4v) is 4.43. The second-order valence-corrected chi connectivity index (χ2v) is 8.80. The Morgan fingerprint density at radius 3 is 2.71 bits per heavy atom. The summed E-state index contributed by atoms with van der Waals surface area (Å²) in [6, 6.07) is 4.11. The van der Waals surface area contributed by atoms with E-state index in [1.807, 2.05) is 12.3 Å². The standard InChI is InChI=1S/C20H25N7S/c1-13-12-28-18-16(13)17(26-20(2)5-6-20)24-19(25-18)23-15-4-3-14(11-22-15)27-9-7-21-8-10-27/h3-4,11-12,21H,5-10H2,1-2H3,(H2,22,23,24,25,26). The molecule has 0 unspecified atom stereocenters. The van der Waals surface area contributed by atoms with E-state index < -0.39 is 0 Å². The number of rotatable bonds is 5. The van der Waals surface area contributed by atoms with Gasteiger partial charge in [-0.3, -0.25) is 0 Å². The number of hydrogen-bond donors (Lipinski definition) is 3. The summed E-state index contributed by atoms with van der Waals surface area (Å²) in [7, 11) is 0. The van der Waals surface area contributed by atoms with E-state index in [-0.39, 0.29) is 5.54 Å². The summed E-state index contributed by atoms with van der Waals surface area (Å²) in [5.74, 6) is 2.27. The van der Waals surface area contributed by atoms with Crippen LogP contribution in [0.2, 0.25) is 0 Å². The third-order valence-electron chi connectivity index (χ3n) is 5.51. The predicted octanol–water partition coefficient (Wildman–Crippen LogP) is 3.51. The normalized spacial score (nSPS) is 18.3. The van der Waals surface area contributed by atoms with Crippen LogP contribution in [-0.4, -0.2) is 46.7 Å². The molecule has 0 amide bonds. The third-order valence-corrected chi connectivity index (χ3v) is 6.50. The molecule has 0 atom stereocenters. The second kappa shape index (κ2) is 6.86. The number of fused-ring (bicyclic) bond motifs is 1. The van der Waals surface area contributed by atoms with Gasteiger partial charge in [0.1, 0.15) is 16.5 Å². The van der Waals surface area contributed by atoms with Crippen LogP contribution in [0.25, 0.3) is 10.2 Å². The van der Waals surface area contributed by atoms with Crippen LogP contribution in [0, 0.1) is 6.92 Å². The molecule has 3 aromatic heterocycles. The smallest absolute Gasteiger partial charge is 0.231 e. The third kappa shape index (κ3) is 3.49. The maximum absolute atomic E-state index is 4.78. The van der Waals surface area contributed by atoms with Gasteiger partial charge in [0, 0.05) is 31.7 Å². The van der Waals surface area contributed by atoms with E-state index in [0.717, 1.165) is 53.7 Å². The molecule has 146 valence electrons. The van der Waals surface area contributed by atoms with Gasteiger partial charge in [0.2, 0.25) is 5.95 Å². The molecule has 7 nitrogen and oxygen atoms in total. The number of anilines is 4. The molecule has 1 aliphatic carbocycles. The van der Waals surface area contributed by atoms with E-state index in [0.29, 0.717) is 5.95 Å². The Balaban J connectivity index is 1.40. The molecule has 1 saturated carbocycles. The van der Waals surface area contributed by atoms with Crippen molar-refractivity contribution in [2.24, 2.45) is 0 Å². The predicted molar refractivity (Wildman–Crippen MR) is 116 cm³/mol. The number of nitrogens with zero attached hydrogens (tertiary/aromatic N) is 4. The van der Waals surface area contributed by atoms with E-state index in [1.54, 1.807) is 11.3 Å². The first kappa shape index (κ1) is 17.6. The zero-order valence-corrected chi connectivity index (χ0v) is 17.1. The lowest BCUT2D eigenvalue weighted by Gasteiger charge is -2.29. The van der Waals surface area contributed by atoms with Crippen molar-refractivity contribution in [1.29, 1.82) is 0 Å². The molecule has 8 heteroatoms. The van der Waals surface area contributed by atoms with Gasteiger partial charge in [-0.1, -0.05) is 0 Å². The number of aryl methyl sites for hydroxylation is 1. The van der Waals surface area contributed by atoms with Crippen molar-refractivity contribution >= 4 is 44.8 Å². The number of hydrogen-bond acceptors (Lipinski definition) is 8. The minimum Gasteiger partial charge on any atom is -0.368 e. The Morgan fingerprint density at radius 2 is 2.00 bits per heavy atom. The van der Waals surface area contributed by atoms with Gasteiger partial charge in [-0.15, -0.1) is 11.3 Å². The molecule has 5 rings (SSSR count). The van der Waals surface area contributed by atoms with E-state index in [9.17, 15) is 0 Å². The van der Waals surface area contributed by atoms with Gasteiger partial charge in [0.05, 0.1) is 17.3 Å². The monoisotopic (exact) mass is 395 g/mol. The van der Waals surface area contributed by atoms with E-state index in [1.165, 1.54) is 18.4 Å². The van der Waals surface area contributed by atoms with Crippen LogP contribution in [0.1, 0.15) is 25.3 Å². The fraction of sp³-hybridized carbons (Fsp3) is 0.450. The number of piperazine rings is 1. The van der Waals surface area contributed by atoms with Crippen LogP contribution in [-0.2, 0) is 0 Å². The summed E-state index contributed by atoms with van der Waals surface area (Å²) >= 11 is 1.66. The molecule has 2 aliphatic rings. The first-order valence-electron chi connectivity index (χ1n) is 9.82. The Kier molecular flexibility index (Phi) is 4.32. The van der Waals surface area contributed by atoms with Crippen molar-refractivity contribution in [2.75, 3.05) is 41.7 Å². The molecule has 0 aromatic carbocycles. The maximum atomic E-state index is 4.78. The molecular formula is C20H25N7S. The molecule has 3 aromatic rings. The van der Waals surface area contributed by atoms with Crippen molar-refractivity contribution in [3.05, 3.63) is 29.3 Å². The lowest BCUT2D eigenvalue weighted by molar-refractivity contribution is 0.589. The quantitative estimate of drug-likeness (QED) is 0.610. The summed E-state index contributed by atoms with van der Waals surface area (Å²) in [6.07, 6.45) is 4.28. The van der Waals surface area contributed by atoms with Gasteiger partial charge in [0.25, 0.3) is 0 Å². The zero-order valence-electron chi connectivity index (χ0n) is 16.2. The molecule has 28 heavy (non-hydrogen) atoms. The first-order chi connectivity index (χ1) is 13.6. The summed E-state index contributed by atoms with van der Waals surface area (Å²) in [4.78, 5) is 17.4. The largest absolute Gasteiger partial charge is 0.368 e. The van der Waals surface area contributed by atoms with Crippen molar-refractivity contribution in [2.45, 2.75) is 32.2 Å². The maximum Gasteiger partial charge on any atom is 0.231 e. The van der Waals surface area contributed by atoms with Gasteiger partial charge < -0.3 is 20.9 Å². The number of aromatic nitrogens is 3. The summed E-state index contributed by atoms with van der Waals surface area (Å²) < 4.78 is 0. The van der Waals surface area contributed by atoms with Crippen molar-refractivity contribution in [3.8, 4) is 0 Å². The molecule has 1 aliphatic heterocycles. The Hall–Kier alpha value is -2.45. The van der Waals surface area contributed by atoms with Gasteiger partial charge in [-0.05, 0) is 49.8 Å². The number of nitrogens with one attached hydrogen (secondary N) is 3. The first-order valence-corrected chi connectivity index (χ1v) is 10.7. The van der Waals surface area contributed by atoms with E-state index in [4.69, 9.17) is 9.97 Å². The molecule has 2 fully saturated rings. The van der Waals surface area contributed by atoms with Crippen LogP contribution >= 0.6 is 11.3 Å². The highest BCUT2D eigenvalue weighted by Crippen LogP contribution is 2.40. The average Bonchev–Trinajstić information content (AvgIpc) is 3.31. The fourth-order valence-electron chi connectivity index (χ4n) is 3.51. The Morgan fingerprint density at radius 1 is 1.18 bits per heavy atom. The zero-order chi connectivity index (χ0) is 19.1. The van der Waals surface area contributed by atoms with Crippen molar-refractivity contribution in [1.82, 2.24) is 20.3 Å². The number of pyridine rings is 1. The van der Waals surface area contributed by atoms with Crippen LogP contribution in [0.15, 0.2) is 23.7 Å². The molecular weight excluding hydrogens is 370 g/mol. The van der Waals surface area contributed by atoms with Crippen LogP contribution < -0.4 is 20.9 Å². The summed E-state index contributed by atoms with van der Waals surface area (Å²) in [5, 5.41) is 13.6. The SMILES string of the molecule is Cc1csc2nc(Nc3ccc(N4CCNCC4)cn3)nc(NC3(C)CC3)c12. The molecule has 4 heterocycles. The summed E-state index contributed by atoms with van der Waals surface area (Å²) in [5.41, 5.74) is 2.54. The van der Waals surface area contributed by atoms with Gasteiger partial charge in [-0.2, -0.15) is 4.98 Å². The van der Waals surface area contributed by atoms with Gasteiger partial charge >= 0.3 is 0 Å². The highest BCUT2D eigenvalue weighted by molar-refractivity contribution is 7.17. The lowest BCUT2D eigenvalue weighted by atomic mass is 10.2. The topological polar surface area (TPSA) is 78.0 Å². The molecule has 0 bridgehead atoms. The van der Waals surface area contributed by atoms with Crippen LogP contribution in [0.3, 0.4) is 0 Å². The minimum absolute atomic E-state index is 0.163. The van der Waals surface area contributed by atoms with Gasteiger partial charge in [0.15, 0.2) is 0 Å². The minimum atomic E-state index is 0.163. The van der Waals surface area contributed by atoms with E-state index in [2.05, 4.69) is 51.1 Å². The lowest BCUT2D eigenvalue weighted by Crippen LogP contribution is -2.43. The molecule has 3 N–H and O–H groups in total. The Labute approximate surface area is 168 Å². The van der Waals surface area contributed by atoms with Gasteiger partial charge in [-0.25, -0.2) is 9.97 Å².